The van der Waals surface area contributed by atoms with Crippen molar-refractivity contribution in [1.82, 2.24) is 4.90 Å². The summed E-state index contributed by atoms with van der Waals surface area (Å²) in [5, 5.41) is 0.542. The molecule has 0 bridgehead atoms. The van der Waals surface area contributed by atoms with E-state index in [1.165, 1.54) is 0 Å². The van der Waals surface area contributed by atoms with Crippen LogP contribution >= 0.6 is 11.6 Å². The molecule has 3 rings (SSSR count). The highest BCUT2D eigenvalue weighted by Crippen LogP contribution is 2.40. The van der Waals surface area contributed by atoms with Crippen LogP contribution in [0.1, 0.15) is 49.8 Å². The molecule has 1 heterocycles. The van der Waals surface area contributed by atoms with Gasteiger partial charge in [0.05, 0.1) is 18.2 Å². The molecule has 2 aromatic carbocycles. The number of halogens is 1. The van der Waals surface area contributed by atoms with E-state index < -0.39 is 11.9 Å². The SMILES string of the molecule is CC1=C(C(=O)OC(C)C)[C@H](c2ccccc2Cl)CC(=O)N1Cc1ccccc1C. The van der Waals surface area contributed by atoms with Gasteiger partial charge in [-0.2, -0.15) is 0 Å². The topological polar surface area (TPSA) is 46.6 Å². The Morgan fingerprint density at radius 3 is 2.45 bits per heavy atom. The summed E-state index contributed by atoms with van der Waals surface area (Å²) in [6.45, 7) is 7.89. The highest BCUT2D eigenvalue weighted by molar-refractivity contribution is 6.31. The predicted octanol–water partition coefficient (Wildman–Crippen LogP) is 5.39. The second-order valence-electron chi connectivity index (χ2n) is 7.64. The van der Waals surface area contributed by atoms with Gasteiger partial charge in [-0.3, -0.25) is 4.79 Å². The third kappa shape index (κ3) is 4.54. The van der Waals surface area contributed by atoms with Crippen molar-refractivity contribution in [1.29, 1.82) is 0 Å². The van der Waals surface area contributed by atoms with E-state index in [1.807, 2.05) is 70.2 Å². The average molecular weight is 412 g/mol. The zero-order chi connectivity index (χ0) is 21.1. The van der Waals surface area contributed by atoms with Gasteiger partial charge in [-0.25, -0.2) is 4.79 Å². The van der Waals surface area contributed by atoms with Gasteiger partial charge in [-0.15, -0.1) is 0 Å². The van der Waals surface area contributed by atoms with Gasteiger partial charge in [-0.05, 0) is 50.5 Å². The van der Waals surface area contributed by atoms with E-state index in [1.54, 1.807) is 11.0 Å². The molecular formula is C24H26ClNO3. The number of carbonyl (C=O) groups excluding carboxylic acids is 2. The first-order valence-electron chi connectivity index (χ1n) is 9.80. The van der Waals surface area contributed by atoms with Crippen molar-refractivity contribution >= 4 is 23.5 Å². The van der Waals surface area contributed by atoms with Crippen LogP contribution in [-0.4, -0.2) is 22.9 Å². The molecule has 2 aromatic rings. The number of rotatable bonds is 5. The standard InChI is InChI=1S/C24H26ClNO3/c1-15(2)29-24(28)23-17(4)26(14-18-10-6-5-9-16(18)3)22(27)13-20(23)19-11-7-8-12-21(19)25/h5-12,15,20H,13-14H2,1-4H3/t20-/m0/s1. The lowest BCUT2D eigenvalue weighted by molar-refractivity contribution is -0.143. The van der Waals surface area contributed by atoms with Gasteiger partial charge < -0.3 is 9.64 Å². The molecule has 0 unspecified atom stereocenters. The number of hydrogen-bond acceptors (Lipinski definition) is 3. The number of hydrogen-bond donors (Lipinski definition) is 0. The lowest BCUT2D eigenvalue weighted by Crippen LogP contribution is -2.38. The molecule has 1 aliphatic heterocycles. The van der Waals surface area contributed by atoms with Gasteiger partial charge >= 0.3 is 5.97 Å². The minimum Gasteiger partial charge on any atom is -0.460 e. The monoisotopic (exact) mass is 411 g/mol. The molecule has 0 radical (unpaired) electrons. The number of amides is 1. The summed E-state index contributed by atoms with van der Waals surface area (Å²) in [5.41, 5.74) is 4.05. The average Bonchev–Trinajstić information content (AvgIpc) is 2.65. The summed E-state index contributed by atoms with van der Waals surface area (Å²) >= 11 is 6.42. The minimum absolute atomic E-state index is 0.0308. The van der Waals surface area contributed by atoms with Crippen LogP contribution in [-0.2, 0) is 20.9 Å². The van der Waals surface area contributed by atoms with Crippen LogP contribution in [0, 0.1) is 6.92 Å². The molecule has 0 aliphatic carbocycles. The summed E-state index contributed by atoms with van der Waals surface area (Å²) in [4.78, 5) is 27.8. The van der Waals surface area contributed by atoms with Crippen LogP contribution in [0.5, 0.6) is 0 Å². The van der Waals surface area contributed by atoms with E-state index in [9.17, 15) is 9.59 Å². The molecule has 0 N–H and O–H groups in total. The van der Waals surface area contributed by atoms with Crippen LogP contribution in [0.4, 0.5) is 0 Å². The van der Waals surface area contributed by atoms with Gasteiger partial charge in [0.25, 0.3) is 0 Å². The summed E-state index contributed by atoms with van der Waals surface area (Å²) in [5.74, 6) is -0.850. The fourth-order valence-electron chi connectivity index (χ4n) is 3.73. The Labute approximate surface area is 177 Å². The van der Waals surface area contributed by atoms with Crippen molar-refractivity contribution in [3.05, 3.63) is 81.5 Å². The Morgan fingerprint density at radius 1 is 1.14 bits per heavy atom. The maximum absolute atomic E-state index is 13.1. The van der Waals surface area contributed by atoms with E-state index in [0.29, 0.717) is 22.8 Å². The first-order valence-corrected chi connectivity index (χ1v) is 10.2. The van der Waals surface area contributed by atoms with Crippen molar-refractivity contribution in [2.45, 2.75) is 52.7 Å². The molecule has 0 fully saturated rings. The Bertz CT molecular complexity index is 964. The second kappa shape index (κ2) is 8.83. The second-order valence-corrected chi connectivity index (χ2v) is 8.04. The van der Waals surface area contributed by atoms with Crippen molar-refractivity contribution in [3.8, 4) is 0 Å². The molecule has 1 amide bonds. The van der Waals surface area contributed by atoms with Crippen molar-refractivity contribution in [2.24, 2.45) is 0 Å². The quantitative estimate of drug-likeness (QED) is 0.619. The minimum atomic E-state index is -0.421. The van der Waals surface area contributed by atoms with E-state index in [4.69, 9.17) is 16.3 Å². The third-order valence-corrected chi connectivity index (χ3v) is 5.60. The van der Waals surface area contributed by atoms with E-state index in [2.05, 4.69) is 0 Å². The van der Waals surface area contributed by atoms with Crippen molar-refractivity contribution in [2.75, 3.05) is 0 Å². The van der Waals surface area contributed by atoms with Gasteiger partial charge in [0.1, 0.15) is 0 Å². The molecule has 0 aromatic heterocycles. The lowest BCUT2D eigenvalue weighted by atomic mass is 9.83. The molecule has 0 saturated heterocycles. The zero-order valence-corrected chi connectivity index (χ0v) is 18.0. The van der Waals surface area contributed by atoms with Gasteiger partial charge in [0.15, 0.2) is 0 Å². The number of ether oxygens (including phenoxy) is 1. The maximum Gasteiger partial charge on any atom is 0.336 e. The number of allylic oxidation sites excluding steroid dienone is 1. The van der Waals surface area contributed by atoms with Crippen molar-refractivity contribution < 1.29 is 14.3 Å². The van der Waals surface area contributed by atoms with E-state index in [0.717, 1.165) is 16.7 Å². The first kappa shape index (κ1) is 21.1. The zero-order valence-electron chi connectivity index (χ0n) is 17.2. The predicted molar refractivity (Wildman–Crippen MR) is 114 cm³/mol. The smallest absolute Gasteiger partial charge is 0.336 e. The molecule has 0 saturated carbocycles. The molecule has 4 nitrogen and oxygen atoms in total. The Hall–Kier alpha value is -2.59. The lowest BCUT2D eigenvalue weighted by Gasteiger charge is -2.35. The van der Waals surface area contributed by atoms with Gasteiger partial charge in [0, 0.05) is 23.1 Å². The highest BCUT2D eigenvalue weighted by Gasteiger charge is 2.38. The van der Waals surface area contributed by atoms with E-state index in [-0.39, 0.29) is 18.4 Å². The van der Waals surface area contributed by atoms with Crippen LogP contribution in [0.3, 0.4) is 0 Å². The Balaban J connectivity index is 2.07. The fraction of sp³-hybridized carbons (Fsp3) is 0.333. The van der Waals surface area contributed by atoms with Crippen LogP contribution in [0.15, 0.2) is 59.8 Å². The van der Waals surface area contributed by atoms with Gasteiger partial charge in [-0.1, -0.05) is 54.1 Å². The largest absolute Gasteiger partial charge is 0.460 e. The molecule has 1 atom stereocenters. The third-order valence-electron chi connectivity index (χ3n) is 5.26. The highest BCUT2D eigenvalue weighted by atomic mass is 35.5. The first-order chi connectivity index (χ1) is 13.8. The van der Waals surface area contributed by atoms with Crippen LogP contribution < -0.4 is 0 Å². The summed E-state index contributed by atoms with van der Waals surface area (Å²) in [7, 11) is 0. The molecule has 5 heteroatoms. The van der Waals surface area contributed by atoms with E-state index >= 15 is 0 Å². The number of benzene rings is 2. The number of carbonyl (C=O) groups is 2. The summed E-state index contributed by atoms with van der Waals surface area (Å²) in [6.07, 6.45) is -0.0766. The van der Waals surface area contributed by atoms with Crippen molar-refractivity contribution in [3.63, 3.8) is 0 Å². The normalized spacial score (nSPS) is 17.1. The van der Waals surface area contributed by atoms with Gasteiger partial charge in [0.2, 0.25) is 5.91 Å². The molecule has 29 heavy (non-hydrogen) atoms. The molecular weight excluding hydrogens is 386 g/mol. The fourth-order valence-corrected chi connectivity index (χ4v) is 3.99. The van der Waals surface area contributed by atoms with Crippen LogP contribution in [0.25, 0.3) is 0 Å². The molecule has 1 aliphatic rings. The maximum atomic E-state index is 13.1. The number of nitrogens with zero attached hydrogens (tertiary/aromatic N) is 1. The van der Waals surface area contributed by atoms with Crippen LogP contribution in [0.2, 0.25) is 5.02 Å². The number of esters is 1. The summed E-state index contributed by atoms with van der Waals surface area (Å²) < 4.78 is 5.53. The summed E-state index contributed by atoms with van der Waals surface area (Å²) in [6, 6.07) is 15.3. The Morgan fingerprint density at radius 2 is 1.79 bits per heavy atom. The molecule has 0 spiro atoms. The number of aryl methyl sites for hydroxylation is 1. The molecule has 152 valence electrons. The Kier molecular flexibility index (Phi) is 6.43.